The van der Waals surface area contributed by atoms with Crippen molar-refractivity contribution in [3.8, 4) is 5.75 Å². The highest BCUT2D eigenvalue weighted by Crippen LogP contribution is 2.41. The zero-order valence-electron chi connectivity index (χ0n) is 11.8. The van der Waals surface area contributed by atoms with Gasteiger partial charge in [0.05, 0.1) is 13.2 Å². The van der Waals surface area contributed by atoms with E-state index in [1.807, 2.05) is 18.2 Å². The first kappa shape index (κ1) is 13.9. The van der Waals surface area contributed by atoms with Gasteiger partial charge in [-0.15, -0.1) is 0 Å². The van der Waals surface area contributed by atoms with Gasteiger partial charge in [-0.2, -0.15) is 0 Å². The summed E-state index contributed by atoms with van der Waals surface area (Å²) in [5.41, 5.74) is 6.94. The van der Waals surface area contributed by atoms with Gasteiger partial charge in [0.2, 0.25) is 0 Å². The lowest BCUT2D eigenvalue weighted by atomic mass is 10.0. The number of anilines is 2. The van der Waals surface area contributed by atoms with Crippen molar-refractivity contribution in [1.29, 1.82) is 0 Å². The maximum absolute atomic E-state index is 6.28. The molecule has 21 heavy (non-hydrogen) atoms. The number of aromatic nitrogens is 2. The van der Waals surface area contributed by atoms with Crippen LogP contribution in [0.3, 0.4) is 0 Å². The molecule has 1 aliphatic rings. The second kappa shape index (κ2) is 5.77. The molecule has 5 nitrogen and oxygen atoms in total. The van der Waals surface area contributed by atoms with Crippen LogP contribution >= 0.6 is 11.6 Å². The quantitative estimate of drug-likeness (QED) is 0.944. The average molecular weight is 305 g/mol. The molecule has 2 heterocycles. The number of hydrogen-bond donors (Lipinski definition) is 1. The molecule has 1 saturated heterocycles. The van der Waals surface area contributed by atoms with Crippen LogP contribution in [0.1, 0.15) is 24.4 Å². The van der Waals surface area contributed by atoms with Gasteiger partial charge in [-0.25, -0.2) is 9.97 Å². The van der Waals surface area contributed by atoms with Crippen LogP contribution < -0.4 is 15.4 Å². The Bertz CT molecular complexity index is 649. The Kier molecular flexibility index (Phi) is 3.84. The van der Waals surface area contributed by atoms with Crippen molar-refractivity contribution in [2.24, 2.45) is 0 Å². The van der Waals surface area contributed by atoms with Crippen molar-refractivity contribution < 1.29 is 4.74 Å². The SMILES string of the molecule is COc1ccccc1C1CCCN1c1ncnc(N)c1Cl. The van der Waals surface area contributed by atoms with E-state index >= 15 is 0 Å². The van der Waals surface area contributed by atoms with Gasteiger partial charge in [0, 0.05) is 12.1 Å². The molecule has 6 heteroatoms. The molecule has 1 atom stereocenters. The normalized spacial score (nSPS) is 18.0. The average Bonchev–Trinajstić information content (AvgIpc) is 2.99. The van der Waals surface area contributed by atoms with Crippen molar-refractivity contribution in [2.45, 2.75) is 18.9 Å². The molecule has 1 fully saturated rings. The Hall–Kier alpha value is -2.01. The van der Waals surface area contributed by atoms with Crippen molar-refractivity contribution in [3.05, 3.63) is 41.2 Å². The number of nitrogens with two attached hydrogens (primary N) is 1. The topological polar surface area (TPSA) is 64.3 Å². The number of methoxy groups -OCH3 is 1. The predicted molar refractivity (Wildman–Crippen MR) is 83.8 cm³/mol. The minimum absolute atomic E-state index is 0.188. The molecular formula is C15H17ClN4O. The number of nitrogen functional groups attached to an aromatic ring is 1. The van der Waals surface area contributed by atoms with E-state index in [0.29, 0.717) is 16.7 Å². The fourth-order valence-corrected chi connectivity index (χ4v) is 3.07. The number of hydrogen-bond acceptors (Lipinski definition) is 5. The zero-order chi connectivity index (χ0) is 14.8. The van der Waals surface area contributed by atoms with Crippen LogP contribution in [0.5, 0.6) is 5.75 Å². The van der Waals surface area contributed by atoms with Gasteiger partial charge in [-0.3, -0.25) is 0 Å². The van der Waals surface area contributed by atoms with E-state index in [2.05, 4.69) is 20.9 Å². The minimum atomic E-state index is 0.188. The van der Waals surface area contributed by atoms with Gasteiger partial charge in [0.1, 0.15) is 22.9 Å². The van der Waals surface area contributed by atoms with E-state index in [1.54, 1.807) is 7.11 Å². The zero-order valence-corrected chi connectivity index (χ0v) is 12.5. The number of ether oxygens (including phenoxy) is 1. The number of rotatable bonds is 3. The van der Waals surface area contributed by atoms with Gasteiger partial charge in [-0.05, 0) is 18.9 Å². The standard InChI is InChI=1S/C15H17ClN4O/c1-21-12-7-3-2-5-10(12)11-6-4-8-20(11)15-13(16)14(17)18-9-19-15/h2-3,5,7,9,11H,4,6,8H2,1H3,(H2,17,18,19). The van der Waals surface area contributed by atoms with Crippen molar-refractivity contribution in [1.82, 2.24) is 9.97 Å². The summed E-state index contributed by atoms with van der Waals surface area (Å²) in [5, 5.41) is 0.416. The van der Waals surface area contributed by atoms with E-state index in [4.69, 9.17) is 22.1 Å². The van der Waals surface area contributed by atoms with E-state index in [-0.39, 0.29) is 6.04 Å². The molecule has 110 valence electrons. The number of para-hydroxylation sites is 1. The van der Waals surface area contributed by atoms with Gasteiger partial charge >= 0.3 is 0 Å². The third-order valence-corrected chi connectivity index (χ3v) is 4.18. The van der Waals surface area contributed by atoms with E-state index in [0.717, 1.165) is 30.7 Å². The largest absolute Gasteiger partial charge is 0.496 e. The van der Waals surface area contributed by atoms with Crippen LogP contribution in [0.15, 0.2) is 30.6 Å². The smallest absolute Gasteiger partial charge is 0.153 e. The minimum Gasteiger partial charge on any atom is -0.496 e. The lowest BCUT2D eigenvalue weighted by Crippen LogP contribution is -2.24. The Morgan fingerprint density at radius 2 is 2.14 bits per heavy atom. The molecule has 1 aromatic heterocycles. The summed E-state index contributed by atoms with van der Waals surface area (Å²) in [6.07, 6.45) is 3.55. The van der Waals surface area contributed by atoms with Crippen LogP contribution in [-0.4, -0.2) is 23.6 Å². The van der Waals surface area contributed by atoms with Gasteiger partial charge in [0.15, 0.2) is 5.82 Å². The van der Waals surface area contributed by atoms with Crippen LogP contribution in [0.4, 0.5) is 11.6 Å². The summed E-state index contributed by atoms with van der Waals surface area (Å²) in [5.74, 6) is 1.89. The van der Waals surface area contributed by atoms with Crippen LogP contribution in [-0.2, 0) is 0 Å². The van der Waals surface area contributed by atoms with Crippen LogP contribution in [0.2, 0.25) is 5.02 Å². The number of nitrogens with zero attached hydrogens (tertiary/aromatic N) is 3. The summed E-state index contributed by atoms with van der Waals surface area (Å²) < 4.78 is 5.48. The first-order valence-corrected chi connectivity index (χ1v) is 7.25. The second-order valence-electron chi connectivity index (χ2n) is 4.99. The number of benzene rings is 1. The summed E-state index contributed by atoms with van der Waals surface area (Å²) in [6.45, 7) is 0.888. The van der Waals surface area contributed by atoms with Crippen molar-refractivity contribution >= 4 is 23.2 Å². The van der Waals surface area contributed by atoms with Crippen molar-refractivity contribution in [3.63, 3.8) is 0 Å². The third kappa shape index (κ3) is 2.49. The number of halogens is 1. The molecule has 1 aromatic carbocycles. The summed E-state index contributed by atoms with van der Waals surface area (Å²) >= 11 is 6.28. The maximum Gasteiger partial charge on any atom is 0.153 e. The van der Waals surface area contributed by atoms with E-state index in [9.17, 15) is 0 Å². The Labute approximate surface area is 128 Å². The molecule has 2 aromatic rings. The first-order chi connectivity index (χ1) is 10.2. The molecule has 0 spiro atoms. The van der Waals surface area contributed by atoms with Gasteiger partial charge < -0.3 is 15.4 Å². The third-order valence-electron chi connectivity index (χ3n) is 3.82. The lowest BCUT2D eigenvalue weighted by molar-refractivity contribution is 0.405. The molecule has 3 rings (SSSR count). The molecular weight excluding hydrogens is 288 g/mol. The molecule has 0 saturated carbocycles. The maximum atomic E-state index is 6.28. The summed E-state index contributed by atoms with van der Waals surface area (Å²) in [7, 11) is 1.69. The summed E-state index contributed by atoms with van der Waals surface area (Å²) in [4.78, 5) is 10.4. The Morgan fingerprint density at radius 1 is 1.33 bits per heavy atom. The molecule has 0 radical (unpaired) electrons. The Morgan fingerprint density at radius 3 is 2.95 bits per heavy atom. The molecule has 2 N–H and O–H groups in total. The summed E-state index contributed by atoms with van der Waals surface area (Å²) in [6, 6.07) is 8.23. The van der Waals surface area contributed by atoms with E-state index in [1.165, 1.54) is 6.33 Å². The van der Waals surface area contributed by atoms with Crippen LogP contribution in [0.25, 0.3) is 0 Å². The predicted octanol–water partition coefficient (Wildman–Crippen LogP) is 3.06. The highest BCUT2D eigenvalue weighted by Gasteiger charge is 2.31. The highest BCUT2D eigenvalue weighted by atomic mass is 35.5. The fraction of sp³-hybridized carbons (Fsp3) is 0.333. The second-order valence-corrected chi connectivity index (χ2v) is 5.37. The van der Waals surface area contributed by atoms with E-state index < -0.39 is 0 Å². The molecule has 1 aliphatic heterocycles. The monoisotopic (exact) mass is 304 g/mol. The molecule has 0 aliphatic carbocycles. The molecule has 0 amide bonds. The molecule has 0 bridgehead atoms. The molecule has 1 unspecified atom stereocenters. The highest BCUT2D eigenvalue weighted by molar-refractivity contribution is 6.35. The van der Waals surface area contributed by atoms with Crippen molar-refractivity contribution in [2.75, 3.05) is 24.3 Å². The van der Waals surface area contributed by atoms with Gasteiger partial charge in [-0.1, -0.05) is 29.8 Å². The van der Waals surface area contributed by atoms with Crippen LogP contribution in [0, 0.1) is 0 Å². The Balaban J connectivity index is 2.01. The van der Waals surface area contributed by atoms with Gasteiger partial charge in [0.25, 0.3) is 0 Å². The first-order valence-electron chi connectivity index (χ1n) is 6.88. The fourth-order valence-electron chi connectivity index (χ4n) is 2.86. The lowest BCUT2D eigenvalue weighted by Gasteiger charge is -2.27.